The van der Waals surface area contributed by atoms with Crippen LogP contribution in [0.3, 0.4) is 0 Å². The first kappa shape index (κ1) is 14.7. The summed E-state index contributed by atoms with van der Waals surface area (Å²) in [4.78, 5) is 2.19. The summed E-state index contributed by atoms with van der Waals surface area (Å²) in [7, 11) is 4.18. The van der Waals surface area contributed by atoms with E-state index in [0.29, 0.717) is 6.04 Å². The highest BCUT2D eigenvalue weighted by Crippen LogP contribution is 2.15. The topological polar surface area (TPSA) is 39.1 Å². The van der Waals surface area contributed by atoms with Crippen molar-refractivity contribution in [1.29, 1.82) is 5.26 Å². The lowest BCUT2D eigenvalue weighted by Crippen LogP contribution is -2.31. The second-order valence-electron chi connectivity index (χ2n) is 5.12. The summed E-state index contributed by atoms with van der Waals surface area (Å²) in [5.74, 6) is 0. The minimum absolute atomic E-state index is 0.274. The summed E-state index contributed by atoms with van der Waals surface area (Å²) in [6.45, 7) is 5.43. The first-order valence-electron chi connectivity index (χ1n) is 6.43. The van der Waals surface area contributed by atoms with Crippen molar-refractivity contribution in [3.05, 3.63) is 35.4 Å². The lowest BCUT2D eigenvalue weighted by molar-refractivity contribution is 0.354. The summed E-state index contributed by atoms with van der Waals surface area (Å²) in [6, 6.07) is 10.7. The van der Waals surface area contributed by atoms with E-state index in [9.17, 15) is 0 Å². The quantitative estimate of drug-likeness (QED) is 0.837. The molecule has 0 aliphatic heterocycles. The predicted octanol–water partition coefficient (Wildman–Crippen LogP) is 2.55. The van der Waals surface area contributed by atoms with Crippen LogP contribution in [-0.2, 0) is 0 Å². The lowest BCUT2D eigenvalue weighted by atomic mass is 10.0. The minimum Gasteiger partial charge on any atom is -0.309 e. The molecule has 0 spiro atoms. The molecule has 0 aliphatic carbocycles. The van der Waals surface area contributed by atoms with Gasteiger partial charge in [0.1, 0.15) is 0 Å². The summed E-state index contributed by atoms with van der Waals surface area (Å²) in [5.41, 5.74) is 1.90. The standard InChI is InChI=1S/C15H23N3/c1-12(8-9-18(3)4)17-13(2)15-7-5-6-14(10-15)11-16/h5-7,10,12-13,17H,8-9H2,1-4H3. The van der Waals surface area contributed by atoms with Crippen molar-refractivity contribution in [1.82, 2.24) is 10.2 Å². The fourth-order valence-corrected chi connectivity index (χ4v) is 1.94. The van der Waals surface area contributed by atoms with E-state index < -0.39 is 0 Å². The van der Waals surface area contributed by atoms with Gasteiger partial charge in [0.15, 0.2) is 0 Å². The van der Waals surface area contributed by atoms with Crippen LogP contribution in [0.5, 0.6) is 0 Å². The van der Waals surface area contributed by atoms with E-state index in [-0.39, 0.29) is 6.04 Å². The molecule has 2 atom stereocenters. The molecule has 3 heteroatoms. The van der Waals surface area contributed by atoms with Gasteiger partial charge in [0.2, 0.25) is 0 Å². The van der Waals surface area contributed by atoms with Gasteiger partial charge >= 0.3 is 0 Å². The van der Waals surface area contributed by atoms with Crippen molar-refractivity contribution in [3.63, 3.8) is 0 Å². The van der Waals surface area contributed by atoms with E-state index in [2.05, 4.69) is 50.3 Å². The molecular weight excluding hydrogens is 222 g/mol. The van der Waals surface area contributed by atoms with Crippen LogP contribution in [0.15, 0.2) is 24.3 Å². The van der Waals surface area contributed by atoms with Crippen molar-refractivity contribution in [2.45, 2.75) is 32.4 Å². The Morgan fingerprint density at radius 1 is 1.33 bits per heavy atom. The maximum absolute atomic E-state index is 8.90. The second kappa shape index (κ2) is 7.15. The summed E-state index contributed by atoms with van der Waals surface area (Å²) >= 11 is 0. The Balaban J connectivity index is 2.54. The molecule has 1 N–H and O–H groups in total. The molecule has 1 rings (SSSR count). The molecule has 0 heterocycles. The molecule has 0 bridgehead atoms. The zero-order chi connectivity index (χ0) is 13.5. The van der Waals surface area contributed by atoms with Gasteiger partial charge in [0.05, 0.1) is 11.6 Å². The number of nitriles is 1. The van der Waals surface area contributed by atoms with E-state index >= 15 is 0 Å². The average Bonchev–Trinajstić information content (AvgIpc) is 2.36. The summed E-state index contributed by atoms with van der Waals surface area (Å²) < 4.78 is 0. The van der Waals surface area contributed by atoms with Crippen LogP contribution in [0.25, 0.3) is 0 Å². The Hall–Kier alpha value is -1.37. The summed E-state index contributed by atoms with van der Waals surface area (Å²) in [5, 5.41) is 12.5. The van der Waals surface area contributed by atoms with Crippen LogP contribution in [-0.4, -0.2) is 31.6 Å². The Morgan fingerprint density at radius 2 is 2.06 bits per heavy atom. The Morgan fingerprint density at radius 3 is 2.67 bits per heavy atom. The zero-order valence-corrected chi connectivity index (χ0v) is 11.8. The van der Waals surface area contributed by atoms with E-state index in [1.807, 2.05) is 18.2 Å². The van der Waals surface area contributed by atoms with Crippen LogP contribution in [0.2, 0.25) is 0 Å². The third-order valence-electron chi connectivity index (χ3n) is 3.06. The molecule has 3 nitrogen and oxygen atoms in total. The molecule has 0 saturated heterocycles. The van der Waals surface area contributed by atoms with Gasteiger partial charge in [0, 0.05) is 12.1 Å². The molecule has 0 radical (unpaired) electrons. The predicted molar refractivity (Wildman–Crippen MR) is 75.3 cm³/mol. The Labute approximate surface area is 110 Å². The molecule has 1 aromatic rings. The van der Waals surface area contributed by atoms with Gasteiger partial charge in [-0.3, -0.25) is 0 Å². The molecule has 98 valence electrons. The number of nitrogens with zero attached hydrogens (tertiary/aromatic N) is 2. The van der Waals surface area contributed by atoms with Crippen LogP contribution < -0.4 is 5.32 Å². The van der Waals surface area contributed by atoms with E-state index in [1.165, 1.54) is 5.56 Å². The highest BCUT2D eigenvalue weighted by molar-refractivity contribution is 5.34. The highest BCUT2D eigenvalue weighted by Gasteiger charge is 2.10. The summed E-state index contributed by atoms with van der Waals surface area (Å²) in [6.07, 6.45) is 1.12. The molecule has 0 aliphatic rings. The lowest BCUT2D eigenvalue weighted by Gasteiger charge is -2.22. The average molecular weight is 245 g/mol. The third-order valence-corrected chi connectivity index (χ3v) is 3.06. The van der Waals surface area contributed by atoms with E-state index in [1.54, 1.807) is 0 Å². The van der Waals surface area contributed by atoms with Crippen molar-refractivity contribution >= 4 is 0 Å². The molecule has 0 saturated carbocycles. The van der Waals surface area contributed by atoms with Crippen molar-refractivity contribution < 1.29 is 0 Å². The Bertz CT molecular complexity index is 406. The van der Waals surface area contributed by atoms with Gasteiger partial charge < -0.3 is 10.2 Å². The molecule has 2 unspecified atom stereocenters. The number of rotatable bonds is 6. The maximum atomic E-state index is 8.90. The van der Waals surface area contributed by atoms with Gasteiger partial charge in [-0.2, -0.15) is 5.26 Å². The van der Waals surface area contributed by atoms with Crippen molar-refractivity contribution in [3.8, 4) is 6.07 Å². The van der Waals surface area contributed by atoms with Gasteiger partial charge in [0.25, 0.3) is 0 Å². The van der Waals surface area contributed by atoms with Crippen molar-refractivity contribution in [2.24, 2.45) is 0 Å². The molecular formula is C15H23N3. The van der Waals surface area contributed by atoms with Crippen LogP contribution in [0.1, 0.15) is 37.4 Å². The van der Waals surface area contributed by atoms with E-state index in [0.717, 1.165) is 18.5 Å². The highest BCUT2D eigenvalue weighted by atomic mass is 15.1. The van der Waals surface area contributed by atoms with Gasteiger partial charge in [-0.25, -0.2) is 0 Å². The SMILES string of the molecule is CC(CCN(C)C)NC(C)c1cccc(C#N)c1. The van der Waals surface area contributed by atoms with Crippen LogP contribution in [0, 0.1) is 11.3 Å². The normalized spacial score (nSPS) is 14.2. The first-order chi connectivity index (χ1) is 8.52. The number of hydrogen-bond acceptors (Lipinski definition) is 3. The largest absolute Gasteiger partial charge is 0.309 e. The monoisotopic (exact) mass is 245 g/mol. The fourth-order valence-electron chi connectivity index (χ4n) is 1.94. The number of benzene rings is 1. The minimum atomic E-state index is 0.274. The third kappa shape index (κ3) is 4.87. The maximum Gasteiger partial charge on any atom is 0.0991 e. The van der Waals surface area contributed by atoms with Crippen LogP contribution in [0.4, 0.5) is 0 Å². The number of nitrogens with one attached hydrogen (secondary N) is 1. The van der Waals surface area contributed by atoms with Crippen molar-refractivity contribution in [2.75, 3.05) is 20.6 Å². The first-order valence-corrected chi connectivity index (χ1v) is 6.43. The fraction of sp³-hybridized carbons (Fsp3) is 0.533. The van der Waals surface area contributed by atoms with E-state index in [4.69, 9.17) is 5.26 Å². The smallest absolute Gasteiger partial charge is 0.0991 e. The molecule has 18 heavy (non-hydrogen) atoms. The second-order valence-corrected chi connectivity index (χ2v) is 5.12. The van der Waals surface area contributed by atoms with Crippen LogP contribution >= 0.6 is 0 Å². The van der Waals surface area contributed by atoms with Gasteiger partial charge in [-0.15, -0.1) is 0 Å². The molecule has 0 fully saturated rings. The van der Waals surface area contributed by atoms with Gasteiger partial charge in [-0.1, -0.05) is 12.1 Å². The van der Waals surface area contributed by atoms with Gasteiger partial charge in [-0.05, 0) is 58.6 Å². The number of hydrogen-bond donors (Lipinski definition) is 1. The molecule has 0 amide bonds. The zero-order valence-electron chi connectivity index (χ0n) is 11.8. The molecule has 0 aromatic heterocycles. The molecule has 1 aromatic carbocycles. The Kier molecular flexibility index (Phi) is 5.84.